The van der Waals surface area contributed by atoms with Crippen molar-refractivity contribution < 1.29 is 0 Å². The average molecular weight is 280 g/mol. The Hall–Kier alpha value is 0.300. The summed E-state index contributed by atoms with van der Waals surface area (Å²) in [6, 6.07) is 3.88. The van der Waals surface area contributed by atoms with Crippen molar-refractivity contribution in [2.45, 2.75) is 4.90 Å². The molecule has 0 aliphatic heterocycles. The van der Waals surface area contributed by atoms with Gasteiger partial charge in [0.15, 0.2) is 0 Å². The molecule has 0 aliphatic rings. The van der Waals surface area contributed by atoms with Crippen molar-refractivity contribution >= 4 is 61.6 Å². The monoisotopic (exact) mass is 278 g/mol. The highest BCUT2D eigenvalue weighted by Crippen LogP contribution is 2.37. The van der Waals surface area contributed by atoms with Gasteiger partial charge in [0, 0.05) is 14.8 Å². The average Bonchev–Trinajstić information content (AvgIpc) is 2.48. The summed E-state index contributed by atoms with van der Waals surface area (Å²) in [4.78, 5) is 0.962. The Morgan fingerprint density at radius 3 is 3.00 bits per heavy atom. The summed E-state index contributed by atoms with van der Waals surface area (Å²) in [5.41, 5.74) is 0. The van der Waals surface area contributed by atoms with Crippen molar-refractivity contribution in [1.29, 1.82) is 0 Å². The molecule has 0 amide bonds. The lowest BCUT2D eigenvalue weighted by Crippen LogP contribution is -1.72. The fourth-order valence-electron chi connectivity index (χ4n) is 1.05. The third-order valence-corrected chi connectivity index (χ3v) is 4.41. The van der Waals surface area contributed by atoms with Gasteiger partial charge in [-0.3, -0.25) is 0 Å². The fourth-order valence-corrected chi connectivity index (χ4v) is 3.27. The molecular weight excluding hydrogens is 276 g/mol. The minimum atomic E-state index is 0.774. The molecule has 0 spiro atoms. The fraction of sp³-hybridized carbons (Fsp3) is 0. The second-order valence-electron chi connectivity index (χ2n) is 2.35. The number of rotatable bonds is 0. The van der Waals surface area contributed by atoms with Gasteiger partial charge in [-0.1, -0.05) is 11.6 Å². The summed E-state index contributed by atoms with van der Waals surface area (Å²) in [7, 11) is 0. The maximum absolute atomic E-state index is 6.02. The van der Waals surface area contributed by atoms with E-state index in [1.165, 1.54) is 0 Å². The molecule has 2 rings (SSSR count). The Balaban J connectivity index is 2.97. The summed E-state index contributed by atoms with van der Waals surface area (Å²) >= 11 is 15.4. The van der Waals surface area contributed by atoms with E-state index in [0.29, 0.717) is 0 Å². The maximum Gasteiger partial charge on any atom is 0.0504 e. The van der Waals surface area contributed by atoms with E-state index in [1.54, 1.807) is 11.3 Å². The molecule has 0 bridgehead atoms. The molecule has 0 unspecified atom stereocenters. The zero-order valence-electron chi connectivity index (χ0n) is 5.84. The molecular formula is C8H4BrClS2. The van der Waals surface area contributed by atoms with Crippen LogP contribution in [0.1, 0.15) is 0 Å². The summed E-state index contributed by atoms with van der Waals surface area (Å²) in [6.45, 7) is 0. The quantitative estimate of drug-likeness (QED) is 0.669. The molecule has 0 saturated heterocycles. The molecule has 2 aromatic rings. The van der Waals surface area contributed by atoms with Crippen LogP contribution >= 0.6 is 51.5 Å². The van der Waals surface area contributed by atoms with Crippen LogP contribution in [0, 0.1) is 0 Å². The van der Waals surface area contributed by atoms with Gasteiger partial charge in [0.05, 0.1) is 9.72 Å². The highest BCUT2D eigenvalue weighted by atomic mass is 79.9. The van der Waals surface area contributed by atoms with E-state index in [2.05, 4.69) is 28.6 Å². The second-order valence-corrected chi connectivity index (χ2v) is 4.98. The first-order valence-corrected chi connectivity index (χ1v) is 5.74. The van der Waals surface area contributed by atoms with Gasteiger partial charge in [0.2, 0.25) is 0 Å². The minimum absolute atomic E-state index is 0.774. The van der Waals surface area contributed by atoms with Crippen LogP contribution in [0.15, 0.2) is 26.9 Å². The van der Waals surface area contributed by atoms with E-state index in [0.717, 1.165) is 24.5 Å². The van der Waals surface area contributed by atoms with Gasteiger partial charge >= 0.3 is 0 Å². The number of hydrogen-bond donors (Lipinski definition) is 1. The molecule has 4 heteroatoms. The smallest absolute Gasteiger partial charge is 0.0504 e. The van der Waals surface area contributed by atoms with E-state index in [9.17, 15) is 0 Å². The van der Waals surface area contributed by atoms with E-state index < -0.39 is 0 Å². The lowest BCUT2D eigenvalue weighted by molar-refractivity contribution is 1.53. The van der Waals surface area contributed by atoms with Crippen LogP contribution < -0.4 is 0 Å². The standard InChI is InChI=1S/C8H4BrClS2/c9-5-3-6(10)4-1-2-12-8(4)7(5)11/h1-3,11H. The van der Waals surface area contributed by atoms with Crippen LogP contribution in [-0.4, -0.2) is 0 Å². The third kappa shape index (κ3) is 1.29. The topological polar surface area (TPSA) is 0 Å². The highest BCUT2D eigenvalue weighted by Gasteiger charge is 2.07. The molecule has 62 valence electrons. The van der Waals surface area contributed by atoms with Crippen LogP contribution in [0.2, 0.25) is 5.02 Å². The lowest BCUT2D eigenvalue weighted by Gasteiger charge is -2.00. The molecule has 0 saturated carbocycles. The summed E-state index contributed by atoms with van der Waals surface area (Å²) < 4.78 is 2.09. The Kier molecular flexibility index (Phi) is 2.38. The first-order chi connectivity index (χ1) is 5.70. The predicted octanol–water partition coefficient (Wildman–Crippen LogP) is 4.61. The molecule has 0 N–H and O–H groups in total. The molecule has 1 aromatic carbocycles. The number of thiol groups is 1. The SMILES string of the molecule is Sc1c(Br)cc(Cl)c2ccsc12. The summed E-state index contributed by atoms with van der Waals surface area (Å²) in [5.74, 6) is 0. The third-order valence-electron chi connectivity index (χ3n) is 1.62. The van der Waals surface area contributed by atoms with Crippen molar-refractivity contribution in [2.24, 2.45) is 0 Å². The van der Waals surface area contributed by atoms with Gasteiger partial charge in [-0.15, -0.1) is 24.0 Å². The largest absolute Gasteiger partial charge is 0.143 e. The number of halogens is 2. The second kappa shape index (κ2) is 3.22. The van der Waals surface area contributed by atoms with Crippen LogP contribution in [0.25, 0.3) is 10.1 Å². The predicted molar refractivity (Wildman–Crippen MR) is 61.8 cm³/mol. The molecule has 0 fully saturated rings. The van der Waals surface area contributed by atoms with Crippen LogP contribution in [0.4, 0.5) is 0 Å². The van der Waals surface area contributed by atoms with Crippen LogP contribution in [0.5, 0.6) is 0 Å². The molecule has 1 heterocycles. The normalized spacial score (nSPS) is 10.9. The van der Waals surface area contributed by atoms with Crippen LogP contribution in [-0.2, 0) is 0 Å². The van der Waals surface area contributed by atoms with Crippen LogP contribution in [0.3, 0.4) is 0 Å². The highest BCUT2D eigenvalue weighted by molar-refractivity contribution is 9.10. The molecule has 0 nitrogen and oxygen atoms in total. The van der Waals surface area contributed by atoms with E-state index in [1.807, 2.05) is 17.5 Å². The number of fused-ring (bicyclic) bond motifs is 1. The first-order valence-electron chi connectivity index (χ1n) is 3.24. The van der Waals surface area contributed by atoms with E-state index in [-0.39, 0.29) is 0 Å². The van der Waals surface area contributed by atoms with E-state index >= 15 is 0 Å². The first kappa shape index (κ1) is 8.88. The van der Waals surface area contributed by atoms with Gasteiger partial charge in [-0.05, 0) is 33.4 Å². The van der Waals surface area contributed by atoms with Gasteiger partial charge in [-0.25, -0.2) is 0 Å². The van der Waals surface area contributed by atoms with Crippen molar-refractivity contribution in [3.05, 3.63) is 27.0 Å². The van der Waals surface area contributed by atoms with Gasteiger partial charge < -0.3 is 0 Å². The summed E-state index contributed by atoms with van der Waals surface area (Å²) in [5, 5.41) is 3.87. The molecule has 0 aliphatic carbocycles. The minimum Gasteiger partial charge on any atom is -0.143 e. The Morgan fingerprint density at radius 1 is 1.50 bits per heavy atom. The maximum atomic E-state index is 6.02. The van der Waals surface area contributed by atoms with Crippen molar-refractivity contribution in [3.8, 4) is 0 Å². The summed E-state index contributed by atoms with van der Waals surface area (Å²) in [6.07, 6.45) is 0. The molecule has 0 atom stereocenters. The Morgan fingerprint density at radius 2 is 2.25 bits per heavy atom. The van der Waals surface area contributed by atoms with Gasteiger partial charge in [0.1, 0.15) is 0 Å². The molecule has 12 heavy (non-hydrogen) atoms. The zero-order chi connectivity index (χ0) is 8.72. The lowest BCUT2D eigenvalue weighted by atomic mass is 10.3. The van der Waals surface area contributed by atoms with Gasteiger partial charge in [-0.2, -0.15) is 0 Å². The Bertz CT molecular complexity index is 436. The van der Waals surface area contributed by atoms with Crippen molar-refractivity contribution in [2.75, 3.05) is 0 Å². The molecule has 1 aromatic heterocycles. The number of hydrogen-bond acceptors (Lipinski definition) is 2. The van der Waals surface area contributed by atoms with E-state index in [4.69, 9.17) is 11.6 Å². The zero-order valence-corrected chi connectivity index (χ0v) is 9.90. The Labute approximate surface area is 93.1 Å². The molecule has 0 radical (unpaired) electrons. The number of benzene rings is 1. The number of thiophene rings is 1. The van der Waals surface area contributed by atoms with Crippen molar-refractivity contribution in [1.82, 2.24) is 0 Å². The van der Waals surface area contributed by atoms with Crippen molar-refractivity contribution in [3.63, 3.8) is 0 Å². The van der Waals surface area contributed by atoms with Gasteiger partial charge in [0.25, 0.3) is 0 Å².